The van der Waals surface area contributed by atoms with Crippen LogP contribution in [0.5, 0.6) is 0 Å². The summed E-state index contributed by atoms with van der Waals surface area (Å²) in [4.78, 5) is 24.6. The van der Waals surface area contributed by atoms with Gasteiger partial charge < -0.3 is 5.73 Å². The molecule has 1 aromatic carbocycles. The first kappa shape index (κ1) is 23.1. The monoisotopic (exact) mass is 436 g/mol. The molecule has 1 atom stereocenters. The van der Waals surface area contributed by atoms with Gasteiger partial charge in [-0.25, -0.2) is 21.6 Å². The first-order chi connectivity index (χ1) is 13.4. The van der Waals surface area contributed by atoms with Crippen LogP contribution in [0.4, 0.5) is 13.2 Å². The molecule has 2 rings (SSSR count). The van der Waals surface area contributed by atoms with Gasteiger partial charge in [-0.15, -0.1) is 0 Å². The van der Waals surface area contributed by atoms with E-state index in [4.69, 9.17) is 5.73 Å². The summed E-state index contributed by atoms with van der Waals surface area (Å²) in [7, 11) is -3.50. The first-order valence-corrected chi connectivity index (χ1v) is 10.7. The van der Waals surface area contributed by atoms with Gasteiger partial charge in [0, 0.05) is 38.5 Å². The minimum atomic E-state index is -3.50. The molecule has 1 fully saturated rings. The topological polar surface area (TPSA) is 104 Å². The van der Waals surface area contributed by atoms with E-state index in [9.17, 15) is 31.2 Å². The second-order valence-electron chi connectivity index (χ2n) is 6.85. The van der Waals surface area contributed by atoms with Crippen LogP contribution >= 0.6 is 0 Å². The zero-order valence-corrected chi connectivity index (χ0v) is 16.9. The lowest BCUT2D eigenvalue weighted by Crippen LogP contribution is -2.50. The number of hydrogen-bond acceptors (Lipinski definition) is 5. The molecule has 1 heterocycles. The van der Waals surface area contributed by atoms with E-state index in [1.54, 1.807) is 0 Å². The normalized spacial score (nSPS) is 17.2. The molecule has 0 spiro atoms. The smallest absolute Gasteiger partial charge is 0.242 e. The zero-order chi connectivity index (χ0) is 21.9. The van der Waals surface area contributed by atoms with Gasteiger partial charge in [0.05, 0.1) is 19.3 Å². The van der Waals surface area contributed by atoms with Crippen molar-refractivity contribution in [3.05, 3.63) is 35.1 Å². The molecular weight excluding hydrogens is 413 g/mol. The van der Waals surface area contributed by atoms with Gasteiger partial charge in [-0.2, -0.15) is 4.31 Å². The maximum atomic E-state index is 13.8. The number of sulfonamides is 1. The summed E-state index contributed by atoms with van der Waals surface area (Å²) >= 11 is 0. The minimum absolute atomic E-state index is 0.00138. The molecule has 1 aliphatic rings. The van der Waals surface area contributed by atoms with Crippen molar-refractivity contribution in [3.8, 4) is 0 Å². The largest absolute Gasteiger partial charge is 0.327 e. The van der Waals surface area contributed by atoms with Gasteiger partial charge >= 0.3 is 0 Å². The minimum Gasteiger partial charge on any atom is -0.327 e. The summed E-state index contributed by atoms with van der Waals surface area (Å²) in [6, 6.07) is 0.169. The average Bonchev–Trinajstić information content (AvgIpc) is 2.82. The molecule has 0 saturated carbocycles. The lowest BCUT2D eigenvalue weighted by atomic mass is 10.0. The van der Waals surface area contributed by atoms with E-state index < -0.39 is 45.3 Å². The zero-order valence-electron chi connectivity index (χ0n) is 16.1. The van der Waals surface area contributed by atoms with E-state index >= 15 is 0 Å². The van der Waals surface area contributed by atoms with Crippen molar-refractivity contribution in [1.29, 1.82) is 0 Å². The van der Waals surface area contributed by atoms with E-state index in [0.717, 1.165) is 20.6 Å². The molecule has 1 aromatic rings. The Morgan fingerprint density at radius 2 is 1.59 bits per heavy atom. The van der Waals surface area contributed by atoms with Crippen LogP contribution in [0.3, 0.4) is 0 Å². The van der Waals surface area contributed by atoms with E-state index in [0.29, 0.717) is 12.1 Å². The molecule has 29 heavy (non-hydrogen) atoms. The van der Waals surface area contributed by atoms with Gasteiger partial charge in [-0.05, 0) is 18.1 Å². The summed E-state index contributed by atoms with van der Waals surface area (Å²) in [5.41, 5.74) is 5.71. The third kappa shape index (κ3) is 5.90. The summed E-state index contributed by atoms with van der Waals surface area (Å²) < 4.78 is 64.8. The number of amides is 2. The Balaban J connectivity index is 2.10. The fourth-order valence-corrected chi connectivity index (χ4v) is 3.92. The van der Waals surface area contributed by atoms with Crippen molar-refractivity contribution in [2.75, 3.05) is 32.4 Å². The van der Waals surface area contributed by atoms with Crippen LogP contribution in [0, 0.1) is 17.5 Å². The Bertz CT molecular complexity index is 897. The number of carbonyl (C=O) groups is 2. The van der Waals surface area contributed by atoms with Crippen LogP contribution in [-0.2, 0) is 26.0 Å². The molecule has 2 N–H and O–H groups in total. The van der Waals surface area contributed by atoms with Gasteiger partial charge in [-0.1, -0.05) is 0 Å². The Kier molecular flexibility index (Phi) is 7.25. The molecular formula is C17H23F3N4O4S. The van der Waals surface area contributed by atoms with E-state index in [2.05, 4.69) is 0 Å². The van der Waals surface area contributed by atoms with E-state index in [1.165, 1.54) is 6.92 Å². The van der Waals surface area contributed by atoms with E-state index in [-0.39, 0.29) is 44.6 Å². The average molecular weight is 436 g/mol. The standard InChI is InChI=1S/C17H23F3N4O4S/c1-11(25)23-5-3-22(29(2,27)28)4-6-24(23)17(26)9-13(21)7-12-8-15(19)16(20)10-14(12)18/h8,10,13H,3-7,9,21H2,1-2H3/t13-/m1/s1. The van der Waals surface area contributed by atoms with Gasteiger partial charge in [0.2, 0.25) is 21.8 Å². The highest BCUT2D eigenvalue weighted by Gasteiger charge is 2.31. The molecule has 0 aromatic heterocycles. The highest BCUT2D eigenvalue weighted by atomic mass is 32.2. The fraction of sp³-hybridized carbons (Fsp3) is 0.529. The lowest BCUT2D eigenvalue weighted by molar-refractivity contribution is -0.161. The molecule has 0 aliphatic carbocycles. The summed E-state index contributed by atoms with van der Waals surface area (Å²) in [6.45, 7) is 1.21. The molecule has 0 bridgehead atoms. The van der Waals surface area contributed by atoms with Crippen LogP contribution in [0.15, 0.2) is 12.1 Å². The molecule has 12 heteroatoms. The Morgan fingerprint density at radius 3 is 2.14 bits per heavy atom. The maximum Gasteiger partial charge on any atom is 0.242 e. The van der Waals surface area contributed by atoms with Gasteiger partial charge in [-0.3, -0.25) is 19.6 Å². The first-order valence-electron chi connectivity index (χ1n) is 8.82. The third-order valence-electron chi connectivity index (χ3n) is 4.54. The molecule has 0 unspecified atom stereocenters. The number of nitrogens with two attached hydrogens (primary N) is 1. The van der Waals surface area contributed by atoms with Crippen LogP contribution in [0.25, 0.3) is 0 Å². The molecule has 2 amide bonds. The predicted molar refractivity (Wildman–Crippen MR) is 98.1 cm³/mol. The second kappa shape index (κ2) is 9.09. The predicted octanol–water partition coefficient (Wildman–Crippen LogP) is 0.231. The van der Waals surface area contributed by atoms with Crippen molar-refractivity contribution in [1.82, 2.24) is 14.3 Å². The number of hydrogen-bond donors (Lipinski definition) is 1. The van der Waals surface area contributed by atoms with Crippen molar-refractivity contribution in [3.63, 3.8) is 0 Å². The summed E-state index contributed by atoms with van der Waals surface area (Å²) in [5.74, 6) is -4.54. The van der Waals surface area contributed by atoms with Gasteiger partial charge in [0.1, 0.15) is 5.82 Å². The van der Waals surface area contributed by atoms with Crippen molar-refractivity contribution in [2.24, 2.45) is 5.73 Å². The second-order valence-corrected chi connectivity index (χ2v) is 8.83. The van der Waals surface area contributed by atoms with Crippen LogP contribution in [0.2, 0.25) is 0 Å². The van der Waals surface area contributed by atoms with Gasteiger partial charge in [0.15, 0.2) is 11.6 Å². The number of hydrazine groups is 1. The van der Waals surface area contributed by atoms with Crippen LogP contribution < -0.4 is 5.73 Å². The van der Waals surface area contributed by atoms with Crippen LogP contribution in [0.1, 0.15) is 18.9 Å². The summed E-state index contributed by atoms with van der Waals surface area (Å²) in [6.07, 6.45) is 0.508. The van der Waals surface area contributed by atoms with Crippen LogP contribution in [-0.4, -0.2) is 73.0 Å². The Hall–Kier alpha value is -2.18. The number of halogens is 3. The number of rotatable bonds is 5. The number of benzene rings is 1. The maximum absolute atomic E-state index is 13.8. The number of nitrogens with zero attached hydrogens (tertiary/aromatic N) is 3. The van der Waals surface area contributed by atoms with Crippen molar-refractivity contribution >= 4 is 21.8 Å². The fourth-order valence-electron chi connectivity index (χ4n) is 3.09. The molecule has 1 saturated heterocycles. The molecule has 1 aliphatic heterocycles. The molecule has 8 nitrogen and oxygen atoms in total. The van der Waals surface area contributed by atoms with Crippen molar-refractivity contribution < 1.29 is 31.2 Å². The quantitative estimate of drug-likeness (QED) is 0.666. The van der Waals surface area contributed by atoms with Crippen molar-refractivity contribution in [2.45, 2.75) is 25.8 Å². The van der Waals surface area contributed by atoms with E-state index in [1.807, 2.05) is 0 Å². The molecule has 0 radical (unpaired) electrons. The Labute approximate surface area is 167 Å². The lowest BCUT2D eigenvalue weighted by Gasteiger charge is -2.32. The third-order valence-corrected chi connectivity index (χ3v) is 5.85. The highest BCUT2D eigenvalue weighted by molar-refractivity contribution is 7.88. The molecule has 162 valence electrons. The summed E-state index contributed by atoms with van der Waals surface area (Å²) in [5, 5.41) is 2.26. The SMILES string of the molecule is CC(=O)N1CCN(S(C)(=O)=O)CCN1C(=O)C[C@H](N)Cc1cc(F)c(F)cc1F. The van der Waals surface area contributed by atoms with Gasteiger partial charge in [0.25, 0.3) is 0 Å². The number of carbonyl (C=O) groups excluding carboxylic acids is 2. The Morgan fingerprint density at radius 1 is 1.03 bits per heavy atom. The highest BCUT2D eigenvalue weighted by Crippen LogP contribution is 2.17.